The molecule has 0 saturated heterocycles. The molecule has 2 aromatic carbocycles. The van der Waals surface area contributed by atoms with Gasteiger partial charge in [0.15, 0.2) is 11.5 Å². The topological polar surface area (TPSA) is 115 Å². The Morgan fingerprint density at radius 2 is 1.86 bits per heavy atom. The van der Waals surface area contributed by atoms with Crippen molar-refractivity contribution in [2.24, 2.45) is 0 Å². The van der Waals surface area contributed by atoms with Gasteiger partial charge in [-0.1, -0.05) is 31.2 Å². The number of Topliss-reactive ketones (excluding diaryl/α,β-unsaturated/α-hetero) is 1. The Morgan fingerprint density at radius 1 is 1.11 bits per heavy atom. The molecule has 0 radical (unpaired) electrons. The van der Waals surface area contributed by atoms with Crippen LogP contribution in [-0.2, 0) is 26.7 Å². The third-order valence-electron chi connectivity index (χ3n) is 6.80. The summed E-state index contributed by atoms with van der Waals surface area (Å²) in [4.78, 5) is 18.1. The molecule has 1 atom stereocenters. The summed E-state index contributed by atoms with van der Waals surface area (Å²) in [5.41, 5.74) is 2.51. The van der Waals surface area contributed by atoms with Gasteiger partial charge in [-0.3, -0.25) is 9.78 Å². The number of rotatable bonds is 10. The molecule has 1 aliphatic carbocycles. The molecule has 2 aliphatic rings. The number of sulfonamides is 1. The van der Waals surface area contributed by atoms with Gasteiger partial charge in [-0.25, -0.2) is 13.1 Å². The van der Waals surface area contributed by atoms with E-state index in [0.29, 0.717) is 29.3 Å². The van der Waals surface area contributed by atoms with Gasteiger partial charge in [0.25, 0.3) is 0 Å². The molecule has 5 rings (SSSR count). The van der Waals surface area contributed by atoms with Gasteiger partial charge in [0.2, 0.25) is 16.8 Å². The van der Waals surface area contributed by atoms with Gasteiger partial charge in [0, 0.05) is 27.1 Å². The molecule has 2 N–H and O–H groups in total. The SMILES string of the molecule is CCC(O)CNS(=O)(=O)c1ccc(-c2cccc(CC(=O)C3(c4ccc5c(c4)OCO5)CC3)n2)cc1.[HH].[HH]. The van der Waals surface area contributed by atoms with E-state index in [1.54, 1.807) is 19.1 Å². The number of hydrogen-bond acceptors (Lipinski definition) is 7. The highest BCUT2D eigenvalue weighted by atomic mass is 32.2. The average molecular weight is 513 g/mol. The molecule has 1 aliphatic heterocycles. The highest BCUT2D eigenvalue weighted by Crippen LogP contribution is 2.51. The first-order valence-electron chi connectivity index (χ1n) is 12.0. The van der Waals surface area contributed by atoms with Gasteiger partial charge in [-0.2, -0.15) is 0 Å². The summed E-state index contributed by atoms with van der Waals surface area (Å²) in [6.45, 7) is 1.94. The van der Waals surface area contributed by atoms with Crippen LogP contribution >= 0.6 is 0 Å². The Balaban J connectivity index is 0.00000200. The van der Waals surface area contributed by atoms with Crippen molar-refractivity contribution in [2.45, 2.75) is 49.0 Å². The van der Waals surface area contributed by atoms with Crippen LogP contribution in [0.4, 0.5) is 0 Å². The highest BCUT2D eigenvalue weighted by molar-refractivity contribution is 7.89. The lowest BCUT2D eigenvalue weighted by Gasteiger charge is -2.15. The standard InChI is InChI=1S/C27H28N2O6S.2H2/c1-2-21(30)16-28-36(32,33)22-9-6-18(7-10-22)23-5-3-4-20(29-23)15-26(31)27(12-13-27)19-8-11-24-25(14-19)35-17-34-24;;/h3-11,14,21,28,30H,2,12-13,15-17H2,1H3;2*1H. The average Bonchev–Trinajstić information content (AvgIpc) is 3.58. The van der Waals surface area contributed by atoms with Crippen molar-refractivity contribution in [3.05, 3.63) is 71.9 Å². The van der Waals surface area contributed by atoms with E-state index in [1.165, 1.54) is 12.1 Å². The molecule has 1 aromatic heterocycles. The number of benzene rings is 2. The lowest BCUT2D eigenvalue weighted by molar-refractivity contribution is -0.120. The van der Waals surface area contributed by atoms with Crippen LogP contribution in [0.5, 0.6) is 11.5 Å². The maximum atomic E-state index is 13.3. The molecule has 9 heteroatoms. The van der Waals surface area contributed by atoms with Gasteiger partial charge in [-0.05, 0) is 61.2 Å². The van der Waals surface area contributed by atoms with Gasteiger partial charge in [0.05, 0.1) is 22.1 Å². The minimum Gasteiger partial charge on any atom is -0.454 e. The minimum absolute atomic E-state index is 0. The number of aliphatic hydroxyl groups is 1. The van der Waals surface area contributed by atoms with Crippen molar-refractivity contribution in [3.63, 3.8) is 0 Å². The number of pyridine rings is 1. The monoisotopic (exact) mass is 512 g/mol. The second kappa shape index (κ2) is 9.65. The van der Waals surface area contributed by atoms with E-state index in [-0.39, 0.29) is 33.3 Å². The fraction of sp³-hybridized carbons (Fsp3) is 0.333. The molecule has 2 heterocycles. The Bertz CT molecular complexity index is 1390. The fourth-order valence-corrected chi connectivity index (χ4v) is 5.43. The highest BCUT2D eigenvalue weighted by Gasteiger charge is 2.51. The van der Waals surface area contributed by atoms with E-state index in [2.05, 4.69) is 9.71 Å². The fourth-order valence-electron chi connectivity index (χ4n) is 4.36. The van der Waals surface area contributed by atoms with Crippen molar-refractivity contribution >= 4 is 15.8 Å². The van der Waals surface area contributed by atoms with Gasteiger partial charge >= 0.3 is 0 Å². The number of hydrogen-bond donors (Lipinski definition) is 2. The predicted octanol–water partition coefficient (Wildman–Crippen LogP) is 3.86. The van der Waals surface area contributed by atoms with Crippen LogP contribution in [0.25, 0.3) is 11.3 Å². The Kier molecular flexibility index (Phi) is 6.55. The predicted molar refractivity (Wildman–Crippen MR) is 138 cm³/mol. The van der Waals surface area contributed by atoms with Crippen molar-refractivity contribution < 1.29 is 30.6 Å². The van der Waals surface area contributed by atoms with Crippen LogP contribution in [0, 0.1) is 0 Å². The normalized spacial score (nSPS) is 16.5. The molecule has 1 fully saturated rings. The lowest BCUT2D eigenvalue weighted by Crippen LogP contribution is -2.31. The zero-order valence-corrected chi connectivity index (χ0v) is 20.8. The van der Waals surface area contributed by atoms with Crippen molar-refractivity contribution in [3.8, 4) is 22.8 Å². The number of ketones is 1. The Labute approximate surface area is 213 Å². The summed E-state index contributed by atoms with van der Waals surface area (Å²) in [5, 5.41) is 9.64. The first-order valence-corrected chi connectivity index (χ1v) is 13.5. The molecule has 1 saturated carbocycles. The lowest BCUT2D eigenvalue weighted by atomic mass is 9.88. The van der Waals surface area contributed by atoms with E-state index < -0.39 is 21.5 Å². The molecular formula is C27H32N2O6S. The number of aromatic nitrogens is 1. The van der Waals surface area contributed by atoms with Crippen LogP contribution in [0.2, 0.25) is 0 Å². The van der Waals surface area contributed by atoms with E-state index in [0.717, 1.165) is 24.0 Å². The second-order valence-electron chi connectivity index (χ2n) is 9.20. The molecule has 0 spiro atoms. The van der Waals surface area contributed by atoms with E-state index in [4.69, 9.17) is 9.47 Å². The summed E-state index contributed by atoms with van der Waals surface area (Å²) < 4.78 is 38.2. The summed E-state index contributed by atoms with van der Waals surface area (Å²) in [5.74, 6) is 1.49. The number of carbonyl (C=O) groups is 1. The van der Waals surface area contributed by atoms with Crippen LogP contribution in [0.15, 0.2) is 65.6 Å². The van der Waals surface area contributed by atoms with E-state index >= 15 is 0 Å². The van der Waals surface area contributed by atoms with Gasteiger partial charge in [0.1, 0.15) is 5.78 Å². The van der Waals surface area contributed by atoms with E-state index in [1.807, 2.05) is 36.4 Å². The van der Waals surface area contributed by atoms with Gasteiger partial charge in [-0.15, -0.1) is 0 Å². The number of ether oxygens (including phenoxy) is 2. The zero-order chi connectivity index (χ0) is 25.3. The third kappa shape index (κ3) is 4.86. The third-order valence-corrected chi connectivity index (χ3v) is 8.24. The molecule has 3 aromatic rings. The molecule has 1 unspecified atom stereocenters. The summed E-state index contributed by atoms with van der Waals surface area (Å²) in [6.07, 6.45) is 1.53. The number of aliphatic hydroxyl groups excluding tert-OH is 1. The van der Waals surface area contributed by atoms with Gasteiger partial charge < -0.3 is 14.6 Å². The van der Waals surface area contributed by atoms with Crippen molar-refractivity contribution in [1.82, 2.24) is 9.71 Å². The maximum Gasteiger partial charge on any atom is 0.240 e. The van der Waals surface area contributed by atoms with Crippen molar-refractivity contribution in [1.29, 1.82) is 0 Å². The van der Waals surface area contributed by atoms with Crippen LogP contribution < -0.4 is 14.2 Å². The summed E-state index contributed by atoms with van der Waals surface area (Å²) in [6, 6.07) is 17.6. The number of nitrogens with zero attached hydrogens (tertiary/aromatic N) is 1. The Hall–Kier alpha value is -3.27. The van der Waals surface area contributed by atoms with E-state index in [9.17, 15) is 18.3 Å². The van der Waals surface area contributed by atoms with Crippen LogP contribution in [0.3, 0.4) is 0 Å². The van der Waals surface area contributed by atoms with Crippen LogP contribution in [0.1, 0.15) is 40.3 Å². The van der Waals surface area contributed by atoms with Crippen LogP contribution in [-0.4, -0.2) is 43.7 Å². The molecule has 0 bridgehead atoms. The molecule has 36 heavy (non-hydrogen) atoms. The first-order chi connectivity index (χ1) is 17.3. The minimum atomic E-state index is -3.72. The zero-order valence-electron chi connectivity index (χ0n) is 19.9. The summed E-state index contributed by atoms with van der Waals surface area (Å²) in [7, 11) is -3.72. The smallest absolute Gasteiger partial charge is 0.240 e. The first kappa shape index (κ1) is 24.4. The largest absolute Gasteiger partial charge is 0.454 e. The molecular weight excluding hydrogens is 480 g/mol. The molecule has 8 nitrogen and oxygen atoms in total. The second-order valence-corrected chi connectivity index (χ2v) is 11.0. The summed E-state index contributed by atoms with van der Waals surface area (Å²) >= 11 is 0. The molecule has 0 amide bonds. The number of nitrogens with one attached hydrogen (secondary N) is 1. The number of fused-ring (bicyclic) bond motifs is 1. The van der Waals surface area contributed by atoms with Crippen molar-refractivity contribution in [2.75, 3.05) is 13.3 Å². The number of carbonyl (C=O) groups excluding carboxylic acids is 1. The maximum absolute atomic E-state index is 13.3. The Morgan fingerprint density at radius 3 is 2.58 bits per heavy atom. The quantitative estimate of drug-likeness (QED) is 0.424. The molecule has 192 valence electrons.